The summed E-state index contributed by atoms with van der Waals surface area (Å²) in [5.74, 6) is 0.192. The molecule has 0 saturated carbocycles. The van der Waals surface area contributed by atoms with Gasteiger partial charge in [-0.05, 0) is 106 Å². The third-order valence-electron chi connectivity index (χ3n) is 13.8. The molecule has 58 heavy (non-hydrogen) atoms. The van der Waals surface area contributed by atoms with Crippen LogP contribution in [0.3, 0.4) is 0 Å². The lowest BCUT2D eigenvalue weighted by atomic mass is 9.79. The molecule has 0 spiro atoms. The number of amides is 4. The number of unbranched alkanes of at least 4 members (excludes halogenated alkanes) is 8. The number of aryl methyl sites for hydroxylation is 2. The van der Waals surface area contributed by atoms with Crippen molar-refractivity contribution in [3.8, 4) is 0 Å². The maximum atomic E-state index is 14.4. The summed E-state index contributed by atoms with van der Waals surface area (Å²) in [6.45, 7) is 13.9. The van der Waals surface area contributed by atoms with Crippen LogP contribution in [0, 0.1) is 25.7 Å². The van der Waals surface area contributed by atoms with Gasteiger partial charge in [-0.1, -0.05) is 143 Å². The highest BCUT2D eigenvalue weighted by atomic mass is 16.2. The van der Waals surface area contributed by atoms with Gasteiger partial charge in [0.2, 0.25) is 0 Å². The lowest BCUT2D eigenvalue weighted by molar-refractivity contribution is 0.0584. The van der Waals surface area contributed by atoms with Gasteiger partial charge in [-0.15, -0.1) is 0 Å². The standard InChI is InChI=1S/C52H66N2O4/c1-7-11-15-17-21-35(19-13-9-3)27-29-53-49(55)39-25-23-37-44-34(6)32-42-46-40(26-24-38(48(44)46)43-33(5)31-41(51(53)57)45(39)47(37)43)50(56)54(52(42)58)30-28-36(20-14-10-4)22-18-16-12-8-2/h23-26,31-32,35-36H,7-22,27-30H2,1-6H3. The maximum absolute atomic E-state index is 14.4. The average Bonchev–Trinajstić information content (AvgIpc) is 3.22. The smallest absolute Gasteiger partial charge is 0.261 e. The van der Waals surface area contributed by atoms with E-state index in [0.717, 1.165) is 106 Å². The number of rotatable bonds is 22. The van der Waals surface area contributed by atoms with Crippen molar-refractivity contribution in [1.82, 2.24) is 9.80 Å². The largest absolute Gasteiger partial charge is 0.274 e. The molecule has 0 radical (unpaired) electrons. The zero-order valence-electron chi connectivity index (χ0n) is 36.3. The van der Waals surface area contributed by atoms with E-state index < -0.39 is 0 Å². The molecule has 6 nitrogen and oxygen atoms in total. The zero-order valence-corrected chi connectivity index (χ0v) is 36.3. The fraction of sp³-hybridized carbons (Fsp3) is 0.538. The predicted molar refractivity (Wildman–Crippen MR) is 241 cm³/mol. The van der Waals surface area contributed by atoms with Crippen molar-refractivity contribution in [2.24, 2.45) is 11.8 Å². The monoisotopic (exact) mass is 783 g/mol. The van der Waals surface area contributed by atoms with Crippen molar-refractivity contribution >= 4 is 66.7 Å². The van der Waals surface area contributed by atoms with Crippen molar-refractivity contribution in [2.75, 3.05) is 13.1 Å². The van der Waals surface area contributed by atoms with Crippen molar-refractivity contribution in [3.05, 3.63) is 69.8 Å². The first kappa shape index (κ1) is 41.8. The van der Waals surface area contributed by atoms with E-state index in [2.05, 4.69) is 41.5 Å². The molecule has 5 aromatic carbocycles. The number of carbonyl (C=O) groups excluding carboxylic acids is 4. The van der Waals surface area contributed by atoms with Crippen molar-refractivity contribution in [1.29, 1.82) is 0 Å². The van der Waals surface area contributed by atoms with Gasteiger partial charge in [-0.25, -0.2) is 0 Å². The summed E-state index contributed by atoms with van der Waals surface area (Å²) >= 11 is 0. The molecule has 0 saturated heterocycles. The lowest BCUT2D eigenvalue weighted by Gasteiger charge is -2.32. The van der Waals surface area contributed by atoms with Crippen LogP contribution in [-0.2, 0) is 0 Å². The minimum Gasteiger partial charge on any atom is -0.274 e. The molecule has 308 valence electrons. The first-order chi connectivity index (χ1) is 28.2. The second kappa shape index (κ2) is 18.3. The Morgan fingerprint density at radius 3 is 1.14 bits per heavy atom. The van der Waals surface area contributed by atoms with Gasteiger partial charge >= 0.3 is 0 Å². The number of fused-ring (bicyclic) bond motifs is 2. The van der Waals surface area contributed by atoms with Crippen LogP contribution >= 0.6 is 0 Å². The Bertz CT molecular complexity index is 2170. The van der Waals surface area contributed by atoms with E-state index in [0.29, 0.717) is 47.2 Å². The van der Waals surface area contributed by atoms with E-state index in [-0.39, 0.29) is 23.6 Å². The Morgan fingerprint density at radius 2 is 0.759 bits per heavy atom. The first-order valence-corrected chi connectivity index (χ1v) is 23.1. The number of hydrogen-bond donors (Lipinski definition) is 0. The van der Waals surface area contributed by atoms with Gasteiger partial charge in [-0.2, -0.15) is 0 Å². The van der Waals surface area contributed by atoms with E-state index in [1.807, 2.05) is 36.4 Å². The third kappa shape index (κ3) is 7.66. The fourth-order valence-electron chi connectivity index (χ4n) is 10.6. The Morgan fingerprint density at radius 1 is 0.397 bits per heavy atom. The topological polar surface area (TPSA) is 74.8 Å². The molecular weight excluding hydrogens is 717 g/mol. The van der Waals surface area contributed by atoms with Crippen LogP contribution in [0.4, 0.5) is 0 Å². The Hall–Kier alpha value is -4.32. The summed E-state index contributed by atoms with van der Waals surface area (Å²) in [5, 5.41) is 7.20. The number of imide groups is 2. The van der Waals surface area contributed by atoms with Crippen LogP contribution in [-0.4, -0.2) is 46.5 Å². The van der Waals surface area contributed by atoms with E-state index in [1.54, 1.807) is 0 Å². The van der Waals surface area contributed by atoms with Crippen molar-refractivity contribution in [3.63, 3.8) is 0 Å². The van der Waals surface area contributed by atoms with E-state index >= 15 is 0 Å². The summed E-state index contributed by atoms with van der Waals surface area (Å²) in [6.07, 6.45) is 20.7. The van der Waals surface area contributed by atoms with E-state index in [4.69, 9.17) is 0 Å². The molecule has 0 aliphatic carbocycles. The van der Waals surface area contributed by atoms with E-state index in [9.17, 15) is 19.2 Å². The molecular formula is C52H66N2O4. The van der Waals surface area contributed by atoms with Crippen molar-refractivity contribution < 1.29 is 19.2 Å². The number of nitrogens with zero attached hydrogens (tertiary/aromatic N) is 2. The Balaban J connectivity index is 1.25. The van der Waals surface area contributed by atoms with Gasteiger partial charge in [-0.3, -0.25) is 29.0 Å². The molecule has 5 aromatic rings. The number of hydrogen-bond acceptors (Lipinski definition) is 4. The second-order valence-corrected chi connectivity index (χ2v) is 17.9. The van der Waals surface area contributed by atoms with E-state index in [1.165, 1.54) is 74.0 Å². The van der Waals surface area contributed by atoms with Gasteiger partial charge in [0.25, 0.3) is 23.6 Å². The molecule has 4 amide bonds. The molecule has 0 bridgehead atoms. The zero-order chi connectivity index (χ0) is 41.1. The van der Waals surface area contributed by atoms with Gasteiger partial charge in [0.15, 0.2) is 0 Å². The van der Waals surface area contributed by atoms with Gasteiger partial charge < -0.3 is 0 Å². The fourth-order valence-corrected chi connectivity index (χ4v) is 10.6. The van der Waals surface area contributed by atoms with Crippen LogP contribution in [0.1, 0.15) is 196 Å². The predicted octanol–water partition coefficient (Wildman–Crippen LogP) is 13.9. The molecule has 0 N–H and O–H groups in total. The first-order valence-electron chi connectivity index (χ1n) is 23.1. The quantitative estimate of drug-likeness (QED) is 0.0303. The molecule has 6 heteroatoms. The van der Waals surface area contributed by atoms with Gasteiger partial charge in [0, 0.05) is 46.1 Å². The highest BCUT2D eigenvalue weighted by Crippen LogP contribution is 2.48. The highest BCUT2D eigenvalue weighted by Gasteiger charge is 2.38. The molecule has 2 aliphatic heterocycles. The van der Waals surface area contributed by atoms with Crippen LogP contribution in [0.15, 0.2) is 36.4 Å². The van der Waals surface area contributed by atoms with Crippen LogP contribution in [0.5, 0.6) is 0 Å². The number of benzene rings is 5. The molecule has 2 atom stereocenters. The third-order valence-corrected chi connectivity index (χ3v) is 13.8. The summed E-state index contributed by atoms with van der Waals surface area (Å²) < 4.78 is 0. The van der Waals surface area contributed by atoms with Gasteiger partial charge in [0.05, 0.1) is 0 Å². The SMILES string of the molecule is CCCCCCC(CCCC)CCN1C(=O)c2ccc3c4c(C)cc5c6c(ccc(c7c(C)cc(c2c37)C1=O)c64)C(=O)N(CCC(CCCC)CCCCCC)C5=O. The van der Waals surface area contributed by atoms with Crippen molar-refractivity contribution in [2.45, 2.75) is 157 Å². The van der Waals surface area contributed by atoms with Crippen LogP contribution in [0.25, 0.3) is 43.1 Å². The summed E-state index contributed by atoms with van der Waals surface area (Å²) in [6, 6.07) is 11.9. The Labute approximate surface area is 346 Å². The summed E-state index contributed by atoms with van der Waals surface area (Å²) in [7, 11) is 0. The van der Waals surface area contributed by atoms with Crippen LogP contribution in [0.2, 0.25) is 0 Å². The minimum absolute atomic E-state index is 0.202. The van der Waals surface area contributed by atoms with Crippen LogP contribution < -0.4 is 0 Å². The van der Waals surface area contributed by atoms with Gasteiger partial charge in [0.1, 0.15) is 0 Å². The summed E-state index contributed by atoms with van der Waals surface area (Å²) in [4.78, 5) is 60.5. The molecule has 0 aromatic heterocycles. The molecule has 2 heterocycles. The highest BCUT2D eigenvalue weighted by molar-refractivity contribution is 6.42. The number of carbonyl (C=O) groups is 4. The second-order valence-electron chi connectivity index (χ2n) is 17.9. The molecule has 2 aliphatic rings. The average molecular weight is 783 g/mol. The molecule has 2 unspecified atom stereocenters. The minimum atomic E-state index is -0.207. The Kier molecular flexibility index (Phi) is 13.2. The molecule has 7 rings (SSSR count). The summed E-state index contributed by atoms with van der Waals surface area (Å²) in [5.41, 5.74) is 4.26. The maximum Gasteiger partial charge on any atom is 0.261 e. The molecule has 0 fully saturated rings. The normalized spacial score (nSPS) is 15.3. The lowest BCUT2D eigenvalue weighted by Crippen LogP contribution is -2.41.